The summed E-state index contributed by atoms with van der Waals surface area (Å²) in [6, 6.07) is 7.26. The van der Waals surface area contributed by atoms with E-state index in [9.17, 15) is 9.90 Å². The van der Waals surface area contributed by atoms with Gasteiger partial charge >= 0.3 is 12.1 Å². The van der Waals surface area contributed by atoms with Crippen LogP contribution in [0.2, 0.25) is 0 Å². The highest BCUT2D eigenvalue weighted by atomic mass is 16.3. The average Bonchev–Trinajstić information content (AvgIpc) is 2.67. The molecular formula is C12H13N3O2. The summed E-state index contributed by atoms with van der Waals surface area (Å²) in [6.07, 6.45) is 0.751. The number of hydrogen-bond acceptors (Lipinski definition) is 2. The number of fused-ring (bicyclic) bond motifs is 1. The SMILES string of the molecule is CN(C(=O)C=[N+]=[N-])C1Cc2ccccc2C1O. The second-order valence-electron chi connectivity index (χ2n) is 4.11. The summed E-state index contributed by atoms with van der Waals surface area (Å²) in [4.78, 5) is 15.6. The van der Waals surface area contributed by atoms with Gasteiger partial charge in [0.25, 0.3) is 0 Å². The van der Waals surface area contributed by atoms with Gasteiger partial charge in [0, 0.05) is 7.05 Å². The van der Waals surface area contributed by atoms with Crippen LogP contribution in [-0.2, 0) is 11.2 Å². The van der Waals surface area contributed by atoms with Gasteiger partial charge in [-0.05, 0) is 17.5 Å². The first-order chi connectivity index (χ1) is 8.15. The lowest BCUT2D eigenvalue weighted by atomic mass is 10.1. The summed E-state index contributed by atoms with van der Waals surface area (Å²) in [6.45, 7) is 0. The van der Waals surface area contributed by atoms with Gasteiger partial charge in [-0.3, -0.25) is 4.79 Å². The number of carbonyl (C=O) groups excluding carboxylic acids is 1. The van der Waals surface area contributed by atoms with Crippen molar-refractivity contribution in [3.8, 4) is 0 Å². The molecular weight excluding hydrogens is 218 g/mol. The predicted molar refractivity (Wildman–Crippen MR) is 61.3 cm³/mol. The molecule has 0 radical (unpaired) electrons. The maximum absolute atomic E-state index is 11.5. The lowest BCUT2D eigenvalue weighted by Gasteiger charge is -2.24. The lowest BCUT2D eigenvalue weighted by Crippen LogP contribution is -2.40. The lowest BCUT2D eigenvalue weighted by molar-refractivity contribution is -0.130. The van der Waals surface area contributed by atoms with Crippen molar-refractivity contribution in [1.29, 1.82) is 0 Å². The van der Waals surface area contributed by atoms with Crippen LogP contribution in [0.3, 0.4) is 0 Å². The van der Waals surface area contributed by atoms with Crippen LogP contribution in [0, 0.1) is 0 Å². The molecule has 0 bridgehead atoms. The molecule has 1 aromatic carbocycles. The summed E-state index contributed by atoms with van der Waals surface area (Å²) in [7, 11) is 1.59. The molecule has 1 amide bonds. The Bertz CT molecular complexity index is 494. The fourth-order valence-corrected chi connectivity index (χ4v) is 2.21. The number of nitrogens with zero attached hydrogens (tertiary/aromatic N) is 3. The molecule has 0 spiro atoms. The predicted octanol–water partition coefficient (Wildman–Crippen LogP) is 0.404. The normalized spacial score (nSPS) is 21.5. The van der Waals surface area contributed by atoms with Gasteiger partial charge in [-0.1, -0.05) is 24.3 Å². The molecule has 1 N–H and O–H groups in total. The fourth-order valence-electron chi connectivity index (χ4n) is 2.21. The van der Waals surface area contributed by atoms with Gasteiger partial charge in [0.05, 0.1) is 12.1 Å². The number of carbonyl (C=O) groups is 1. The van der Waals surface area contributed by atoms with Gasteiger partial charge in [-0.2, -0.15) is 4.79 Å². The first-order valence-corrected chi connectivity index (χ1v) is 5.35. The van der Waals surface area contributed by atoms with E-state index < -0.39 is 12.0 Å². The highest BCUT2D eigenvalue weighted by Gasteiger charge is 2.35. The Morgan fingerprint density at radius 3 is 2.94 bits per heavy atom. The molecule has 2 rings (SSSR count). The van der Waals surface area contributed by atoms with Crippen LogP contribution in [-0.4, -0.2) is 40.0 Å². The summed E-state index contributed by atoms with van der Waals surface area (Å²) < 4.78 is 0. The third kappa shape index (κ3) is 1.98. The van der Waals surface area contributed by atoms with Crippen LogP contribution < -0.4 is 0 Å². The Kier molecular flexibility index (Phi) is 3.04. The molecule has 0 saturated carbocycles. The van der Waals surface area contributed by atoms with E-state index in [-0.39, 0.29) is 6.04 Å². The maximum Gasteiger partial charge on any atom is 0.344 e. The van der Waals surface area contributed by atoms with E-state index in [1.165, 1.54) is 4.90 Å². The third-order valence-corrected chi connectivity index (χ3v) is 3.18. The number of hydrogen-bond donors (Lipinski definition) is 1. The minimum absolute atomic E-state index is 0.308. The largest absolute Gasteiger partial charge is 0.386 e. The summed E-state index contributed by atoms with van der Waals surface area (Å²) in [5.74, 6) is -0.427. The van der Waals surface area contributed by atoms with Gasteiger partial charge in [-0.15, -0.1) is 0 Å². The van der Waals surface area contributed by atoms with Crippen molar-refractivity contribution in [1.82, 2.24) is 4.90 Å². The summed E-state index contributed by atoms with van der Waals surface area (Å²) in [5.41, 5.74) is 10.2. The van der Waals surface area contributed by atoms with Crippen molar-refractivity contribution in [3.05, 3.63) is 40.9 Å². The number of aliphatic hydroxyl groups is 1. The quantitative estimate of drug-likeness (QED) is 0.454. The second-order valence-corrected chi connectivity index (χ2v) is 4.11. The standard InChI is InChI=1S/C12H13N3O2/c1-15(11(16)7-14-13)10-6-8-4-2-3-5-9(8)12(10)17/h2-5,7,10,12,17H,6H2,1H3. The third-order valence-electron chi connectivity index (χ3n) is 3.18. The van der Waals surface area contributed by atoms with Crippen molar-refractivity contribution in [2.24, 2.45) is 0 Å². The highest BCUT2D eigenvalue weighted by Crippen LogP contribution is 2.33. The molecule has 88 valence electrons. The Balaban J connectivity index is 2.22. The van der Waals surface area contributed by atoms with E-state index in [1.807, 2.05) is 24.3 Å². The van der Waals surface area contributed by atoms with Crippen LogP contribution in [0.4, 0.5) is 0 Å². The molecule has 0 aliphatic heterocycles. The number of likely N-dealkylation sites (N-methyl/N-ethyl adjacent to an activating group) is 1. The van der Waals surface area contributed by atoms with Crippen molar-refractivity contribution >= 4 is 12.1 Å². The van der Waals surface area contributed by atoms with Crippen molar-refractivity contribution in [3.63, 3.8) is 0 Å². The molecule has 0 saturated heterocycles. The van der Waals surface area contributed by atoms with Crippen LogP contribution in [0.1, 0.15) is 17.2 Å². The Hall–Kier alpha value is -1.97. The molecule has 17 heavy (non-hydrogen) atoms. The van der Waals surface area contributed by atoms with Crippen molar-refractivity contribution < 1.29 is 14.7 Å². The van der Waals surface area contributed by atoms with Gasteiger partial charge in [-0.25, -0.2) is 0 Å². The van der Waals surface area contributed by atoms with Gasteiger partial charge in [0.2, 0.25) is 0 Å². The molecule has 1 aliphatic carbocycles. The summed E-state index contributed by atoms with van der Waals surface area (Å²) >= 11 is 0. The van der Waals surface area contributed by atoms with Crippen LogP contribution in [0.5, 0.6) is 0 Å². The minimum Gasteiger partial charge on any atom is -0.386 e. The second kappa shape index (κ2) is 4.49. The smallest absolute Gasteiger partial charge is 0.344 e. The van der Waals surface area contributed by atoms with Crippen LogP contribution in [0.25, 0.3) is 5.53 Å². The Morgan fingerprint density at radius 2 is 2.29 bits per heavy atom. The Morgan fingerprint density at radius 1 is 1.59 bits per heavy atom. The average molecular weight is 231 g/mol. The molecule has 5 nitrogen and oxygen atoms in total. The molecule has 2 unspecified atom stereocenters. The minimum atomic E-state index is -0.688. The fraction of sp³-hybridized carbons (Fsp3) is 0.333. The van der Waals surface area contributed by atoms with Crippen LogP contribution >= 0.6 is 0 Å². The number of aliphatic hydroxyl groups excluding tert-OH is 1. The van der Waals surface area contributed by atoms with E-state index in [0.29, 0.717) is 6.42 Å². The number of rotatable bonds is 2. The zero-order valence-corrected chi connectivity index (χ0v) is 9.45. The number of benzene rings is 1. The molecule has 0 aromatic heterocycles. The molecule has 1 aromatic rings. The van der Waals surface area contributed by atoms with E-state index in [4.69, 9.17) is 5.53 Å². The monoisotopic (exact) mass is 231 g/mol. The van der Waals surface area contributed by atoms with Gasteiger partial charge < -0.3 is 15.5 Å². The van der Waals surface area contributed by atoms with Gasteiger partial charge in [0.15, 0.2) is 0 Å². The molecule has 0 fully saturated rings. The molecule has 2 atom stereocenters. The van der Waals surface area contributed by atoms with E-state index in [0.717, 1.165) is 17.3 Å². The number of amides is 1. The maximum atomic E-state index is 11.5. The first kappa shape index (κ1) is 11.5. The van der Waals surface area contributed by atoms with Crippen LogP contribution in [0.15, 0.2) is 24.3 Å². The Labute approximate surface area is 98.9 Å². The van der Waals surface area contributed by atoms with E-state index in [2.05, 4.69) is 4.79 Å². The molecule has 1 aliphatic rings. The first-order valence-electron chi connectivity index (χ1n) is 5.35. The summed E-state index contributed by atoms with van der Waals surface area (Å²) in [5, 5.41) is 10.1. The van der Waals surface area contributed by atoms with Crippen molar-refractivity contribution in [2.45, 2.75) is 18.6 Å². The molecule has 0 heterocycles. The van der Waals surface area contributed by atoms with Gasteiger partial charge in [0.1, 0.15) is 0 Å². The highest BCUT2D eigenvalue weighted by molar-refractivity contribution is 6.23. The van der Waals surface area contributed by atoms with E-state index in [1.54, 1.807) is 7.05 Å². The topological polar surface area (TPSA) is 76.9 Å². The zero-order chi connectivity index (χ0) is 12.4. The zero-order valence-electron chi connectivity index (χ0n) is 9.45. The van der Waals surface area contributed by atoms with Crippen molar-refractivity contribution in [2.75, 3.05) is 7.05 Å². The van der Waals surface area contributed by atoms with E-state index >= 15 is 0 Å². The molecule has 5 heteroatoms.